The third kappa shape index (κ3) is 4.78. The van der Waals surface area contributed by atoms with Crippen molar-refractivity contribution in [3.05, 3.63) is 71.4 Å². The number of anilines is 1. The molecule has 3 aromatic rings. The van der Waals surface area contributed by atoms with Crippen LogP contribution in [-0.2, 0) is 6.61 Å². The van der Waals surface area contributed by atoms with Gasteiger partial charge in [0.2, 0.25) is 11.7 Å². The molecule has 4 rings (SSSR count). The molecule has 1 heterocycles. The van der Waals surface area contributed by atoms with Gasteiger partial charge in [0.1, 0.15) is 5.75 Å². The molecule has 0 unspecified atom stereocenters. The van der Waals surface area contributed by atoms with Crippen molar-refractivity contribution in [3.8, 4) is 5.75 Å². The molecule has 2 amide bonds. The Labute approximate surface area is 167 Å². The van der Waals surface area contributed by atoms with Crippen LogP contribution in [-0.4, -0.2) is 28.0 Å². The van der Waals surface area contributed by atoms with E-state index in [1.54, 1.807) is 55.5 Å². The van der Waals surface area contributed by atoms with E-state index in [-0.39, 0.29) is 24.5 Å². The summed E-state index contributed by atoms with van der Waals surface area (Å²) in [4.78, 5) is 29.1. The van der Waals surface area contributed by atoms with Gasteiger partial charge in [-0.3, -0.25) is 9.59 Å². The van der Waals surface area contributed by atoms with Gasteiger partial charge >= 0.3 is 0 Å². The first-order valence-corrected chi connectivity index (χ1v) is 9.32. The minimum absolute atomic E-state index is 0.0818. The van der Waals surface area contributed by atoms with Gasteiger partial charge in [-0.15, -0.1) is 0 Å². The first-order valence-electron chi connectivity index (χ1n) is 9.32. The zero-order valence-corrected chi connectivity index (χ0v) is 15.8. The molecule has 0 atom stereocenters. The first-order chi connectivity index (χ1) is 14.1. The van der Waals surface area contributed by atoms with E-state index in [2.05, 4.69) is 20.8 Å². The van der Waals surface area contributed by atoms with Crippen LogP contribution in [0.5, 0.6) is 5.75 Å². The van der Waals surface area contributed by atoms with Gasteiger partial charge in [-0.2, -0.15) is 4.98 Å². The van der Waals surface area contributed by atoms with Crippen LogP contribution >= 0.6 is 0 Å². The van der Waals surface area contributed by atoms with Crippen LogP contribution in [0, 0.1) is 6.92 Å². The second kappa shape index (κ2) is 8.14. The van der Waals surface area contributed by atoms with E-state index in [1.807, 2.05) is 0 Å². The number of carbonyl (C=O) groups excluding carboxylic acids is 2. The highest BCUT2D eigenvalue weighted by Crippen LogP contribution is 2.22. The Morgan fingerprint density at radius 2 is 1.97 bits per heavy atom. The molecule has 2 aromatic carbocycles. The number of rotatable bonds is 7. The average molecular weight is 392 g/mol. The molecule has 0 radical (unpaired) electrons. The van der Waals surface area contributed by atoms with E-state index in [4.69, 9.17) is 9.26 Å². The maximum absolute atomic E-state index is 12.8. The predicted octanol–water partition coefficient (Wildman–Crippen LogP) is 3.10. The Kier molecular flexibility index (Phi) is 5.24. The van der Waals surface area contributed by atoms with Crippen LogP contribution < -0.4 is 15.4 Å². The number of aromatic nitrogens is 2. The van der Waals surface area contributed by atoms with Crippen LogP contribution in [0.3, 0.4) is 0 Å². The number of hydrogen-bond donors (Lipinski definition) is 2. The minimum atomic E-state index is -0.343. The summed E-state index contributed by atoms with van der Waals surface area (Å²) in [5.74, 6) is 0.759. The molecule has 0 saturated heterocycles. The first kappa shape index (κ1) is 18.7. The highest BCUT2D eigenvalue weighted by molar-refractivity contribution is 6.06. The average Bonchev–Trinajstić information content (AvgIpc) is 3.44. The number of nitrogens with zero attached hydrogens (tertiary/aromatic N) is 2. The monoisotopic (exact) mass is 392 g/mol. The Balaban J connectivity index is 1.45. The summed E-state index contributed by atoms with van der Waals surface area (Å²) >= 11 is 0. The van der Waals surface area contributed by atoms with Crippen LogP contribution in [0.15, 0.2) is 53.1 Å². The summed E-state index contributed by atoms with van der Waals surface area (Å²) in [5.41, 5.74) is 1.40. The number of aryl methyl sites for hydroxylation is 1. The van der Waals surface area contributed by atoms with Gasteiger partial charge in [0.25, 0.3) is 11.8 Å². The topological polar surface area (TPSA) is 106 Å². The van der Waals surface area contributed by atoms with Crippen LogP contribution in [0.25, 0.3) is 0 Å². The van der Waals surface area contributed by atoms with Gasteiger partial charge in [-0.25, -0.2) is 0 Å². The summed E-state index contributed by atoms with van der Waals surface area (Å²) < 4.78 is 10.6. The molecule has 1 saturated carbocycles. The molecule has 148 valence electrons. The molecule has 2 N–H and O–H groups in total. The number of ether oxygens (including phenoxy) is 1. The van der Waals surface area contributed by atoms with Gasteiger partial charge in [-0.1, -0.05) is 23.4 Å². The third-order valence-electron chi connectivity index (χ3n) is 4.35. The predicted molar refractivity (Wildman–Crippen MR) is 105 cm³/mol. The summed E-state index contributed by atoms with van der Waals surface area (Å²) in [5, 5.41) is 9.53. The summed E-state index contributed by atoms with van der Waals surface area (Å²) in [6.07, 6.45) is 2.03. The molecule has 1 fully saturated rings. The normalized spacial score (nSPS) is 13.0. The van der Waals surface area contributed by atoms with Gasteiger partial charge in [0.05, 0.1) is 5.56 Å². The zero-order valence-electron chi connectivity index (χ0n) is 15.8. The largest absolute Gasteiger partial charge is 0.485 e. The second-order valence-corrected chi connectivity index (χ2v) is 6.80. The van der Waals surface area contributed by atoms with Gasteiger partial charge in [0, 0.05) is 24.2 Å². The molecular formula is C21H20N4O4. The van der Waals surface area contributed by atoms with Crippen molar-refractivity contribution in [2.75, 3.05) is 5.32 Å². The third-order valence-corrected chi connectivity index (χ3v) is 4.35. The summed E-state index contributed by atoms with van der Waals surface area (Å²) in [6.45, 7) is 1.77. The van der Waals surface area contributed by atoms with Crippen LogP contribution in [0.2, 0.25) is 0 Å². The van der Waals surface area contributed by atoms with E-state index in [1.165, 1.54) is 0 Å². The number of carbonyl (C=O) groups is 2. The van der Waals surface area contributed by atoms with Gasteiger partial charge in [-0.05, 0) is 43.2 Å². The quantitative estimate of drug-likeness (QED) is 0.640. The molecule has 1 aromatic heterocycles. The maximum atomic E-state index is 12.8. The standard InChI is InChI=1S/C21H20N4O4/c1-13-22-19(25-29-13)12-28-18-8-3-2-7-17(18)21(27)24-16-6-4-5-14(11-16)20(26)23-15-9-10-15/h2-8,11,15H,9-10,12H2,1H3,(H,23,26)(H,24,27). The van der Waals surface area contributed by atoms with Crippen molar-refractivity contribution >= 4 is 17.5 Å². The SMILES string of the molecule is Cc1nc(COc2ccccc2C(=O)Nc2cccc(C(=O)NC3CC3)c2)no1. The van der Waals surface area contributed by atoms with E-state index in [0.717, 1.165) is 12.8 Å². The lowest BCUT2D eigenvalue weighted by molar-refractivity contribution is 0.0949. The van der Waals surface area contributed by atoms with Crippen molar-refractivity contribution in [1.29, 1.82) is 0 Å². The smallest absolute Gasteiger partial charge is 0.259 e. The fourth-order valence-electron chi connectivity index (χ4n) is 2.76. The van der Waals surface area contributed by atoms with Crippen molar-refractivity contribution in [3.63, 3.8) is 0 Å². The van der Waals surface area contributed by atoms with E-state index < -0.39 is 0 Å². The molecule has 0 aliphatic heterocycles. The highest BCUT2D eigenvalue weighted by atomic mass is 16.5. The lowest BCUT2D eigenvalue weighted by atomic mass is 10.1. The molecule has 8 heteroatoms. The van der Waals surface area contributed by atoms with Crippen molar-refractivity contribution < 1.29 is 18.8 Å². The van der Waals surface area contributed by atoms with E-state index >= 15 is 0 Å². The van der Waals surface area contributed by atoms with E-state index in [0.29, 0.717) is 34.3 Å². The Morgan fingerprint density at radius 3 is 2.72 bits per heavy atom. The molecule has 1 aliphatic carbocycles. The van der Waals surface area contributed by atoms with Gasteiger partial charge in [0.15, 0.2) is 6.61 Å². The van der Waals surface area contributed by atoms with Crippen molar-refractivity contribution in [1.82, 2.24) is 15.5 Å². The minimum Gasteiger partial charge on any atom is -0.485 e. The van der Waals surface area contributed by atoms with Crippen molar-refractivity contribution in [2.24, 2.45) is 0 Å². The molecule has 8 nitrogen and oxygen atoms in total. The second-order valence-electron chi connectivity index (χ2n) is 6.80. The lowest BCUT2D eigenvalue weighted by Gasteiger charge is -2.11. The Morgan fingerprint density at radius 1 is 1.14 bits per heavy atom. The lowest BCUT2D eigenvalue weighted by Crippen LogP contribution is -2.25. The number of benzene rings is 2. The fraction of sp³-hybridized carbons (Fsp3) is 0.238. The highest BCUT2D eigenvalue weighted by Gasteiger charge is 2.24. The fourth-order valence-corrected chi connectivity index (χ4v) is 2.76. The van der Waals surface area contributed by atoms with Crippen LogP contribution in [0.1, 0.15) is 45.3 Å². The molecule has 29 heavy (non-hydrogen) atoms. The van der Waals surface area contributed by atoms with E-state index in [9.17, 15) is 9.59 Å². The molecule has 1 aliphatic rings. The number of amides is 2. The summed E-state index contributed by atoms with van der Waals surface area (Å²) in [7, 11) is 0. The Hall–Kier alpha value is -3.68. The molecule has 0 bridgehead atoms. The number of para-hydroxylation sites is 1. The molecule has 0 spiro atoms. The maximum Gasteiger partial charge on any atom is 0.259 e. The number of nitrogens with one attached hydrogen (secondary N) is 2. The summed E-state index contributed by atoms with van der Waals surface area (Å²) in [6, 6.07) is 14.0. The number of hydrogen-bond acceptors (Lipinski definition) is 6. The van der Waals surface area contributed by atoms with Gasteiger partial charge < -0.3 is 19.9 Å². The van der Waals surface area contributed by atoms with Crippen LogP contribution in [0.4, 0.5) is 5.69 Å². The Bertz CT molecular complexity index is 1040. The van der Waals surface area contributed by atoms with Crippen molar-refractivity contribution in [2.45, 2.75) is 32.4 Å². The molecular weight excluding hydrogens is 372 g/mol. The zero-order chi connectivity index (χ0) is 20.2.